The molecule has 0 aliphatic heterocycles. The van der Waals surface area contributed by atoms with Crippen molar-refractivity contribution in [3.63, 3.8) is 0 Å². The Labute approximate surface area is 104 Å². The summed E-state index contributed by atoms with van der Waals surface area (Å²) in [6, 6.07) is 6.38. The molecule has 0 spiro atoms. The molecule has 0 fully saturated rings. The molecular formula is C11H12FN3O2S. The highest BCUT2D eigenvalue weighted by Crippen LogP contribution is 2.10. The van der Waals surface area contributed by atoms with Crippen LogP contribution in [0.5, 0.6) is 0 Å². The maximum atomic E-state index is 12.7. The topological polar surface area (TPSA) is 64.0 Å². The molecule has 0 atom stereocenters. The molecule has 1 heterocycles. The van der Waals surface area contributed by atoms with Gasteiger partial charge in [-0.2, -0.15) is 5.10 Å². The number of hydrogen-bond donors (Lipinski definition) is 1. The van der Waals surface area contributed by atoms with E-state index in [4.69, 9.17) is 0 Å². The van der Waals surface area contributed by atoms with Gasteiger partial charge in [-0.3, -0.25) is 4.68 Å². The molecule has 0 saturated heterocycles. The van der Waals surface area contributed by atoms with Gasteiger partial charge in [0.2, 0.25) is 10.0 Å². The summed E-state index contributed by atoms with van der Waals surface area (Å²) in [5.41, 5.74) is 0.737. The fourth-order valence-corrected chi connectivity index (χ4v) is 2.44. The van der Waals surface area contributed by atoms with E-state index in [1.165, 1.54) is 12.1 Å². The van der Waals surface area contributed by atoms with Crippen LogP contribution in [0.1, 0.15) is 5.69 Å². The zero-order chi connectivity index (χ0) is 13.2. The Hall–Kier alpha value is -1.73. The quantitative estimate of drug-likeness (QED) is 0.902. The second kappa shape index (κ2) is 4.87. The lowest BCUT2D eigenvalue weighted by atomic mass is 10.4. The number of aryl methyl sites for hydroxylation is 1. The van der Waals surface area contributed by atoms with Crippen LogP contribution in [0, 0.1) is 5.82 Å². The second-order valence-corrected chi connectivity index (χ2v) is 5.49. The summed E-state index contributed by atoms with van der Waals surface area (Å²) in [6.07, 6.45) is 1.58. The highest BCUT2D eigenvalue weighted by Gasteiger charge is 2.14. The average molecular weight is 269 g/mol. The third-order valence-corrected chi connectivity index (χ3v) is 3.91. The fraction of sp³-hybridized carbons (Fsp3) is 0.182. The van der Waals surface area contributed by atoms with Crippen molar-refractivity contribution >= 4 is 10.0 Å². The van der Waals surface area contributed by atoms with Gasteiger partial charge < -0.3 is 0 Å². The molecular weight excluding hydrogens is 257 g/mol. The monoisotopic (exact) mass is 269 g/mol. The Kier molecular flexibility index (Phi) is 3.44. The molecule has 18 heavy (non-hydrogen) atoms. The molecule has 0 bridgehead atoms. The minimum Gasteiger partial charge on any atom is -0.271 e. The van der Waals surface area contributed by atoms with E-state index in [2.05, 4.69) is 9.82 Å². The zero-order valence-corrected chi connectivity index (χ0v) is 10.5. The van der Waals surface area contributed by atoms with Crippen LogP contribution >= 0.6 is 0 Å². The molecule has 0 aliphatic rings. The minimum absolute atomic E-state index is 0.0334. The smallest absolute Gasteiger partial charge is 0.240 e. The fourth-order valence-electron chi connectivity index (χ4n) is 1.44. The zero-order valence-electron chi connectivity index (χ0n) is 9.67. The molecule has 0 unspecified atom stereocenters. The Bertz CT molecular complexity index is 635. The number of benzene rings is 1. The van der Waals surface area contributed by atoms with E-state index >= 15 is 0 Å². The molecule has 0 aliphatic carbocycles. The van der Waals surface area contributed by atoms with Gasteiger partial charge in [0.1, 0.15) is 5.82 Å². The number of nitrogens with one attached hydrogen (secondary N) is 1. The van der Waals surface area contributed by atoms with Gasteiger partial charge in [-0.25, -0.2) is 17.5 Å². The Morgan fingerprint density at radius 2 is 1.94 bits per heavy atom. The Morgan fingerprint density at radius 3 is 2.50 bits per heavy atom. The second-order valence-electron chi connectivity index (χ2n) is 3.72. The summed E-state index contributed by atoms with van der Waals surface area (Å²) in [6.45, 7) is 0.135. The van der Waals surface area contributed by atoms with Crippen LogP contribution in [0.25, 0.3) is 0 Å². The van der Waals surface area contributed by atoms with Crippen molar-refractivity contribution in [2.75, 3.05) is 0 Å². The third-order valence-electron chi connectivity index (χ3n) is 2.49. The number of nitrogens with zero attached hydrogens (tertiary/aromatic N) is 2. The van der Waals surface area contributed by atoms with E-state index in [0.29, 0.717) is 0 Å². The minimum atomic E-state index is -3.63. The Morgan fingerprint density at radius 1 is 1.28 bits per heavy atom. The van der Waals surface area contributed by atoms with Crippen molar-refractivity contribution < 1.29 is 12.8 Å². The molecule has 0 radical (unpaired) electrons. The van der Waals surface area contributed by atoms with Gasteiger partial charge in [0.15, 0.2) is 0 Å². The van der Waals surface area contributed by atoms with E-state index in [0.717, 1.165) is 17.8 Å². The van der Waals surface area contributed by atoms with Crippen LogP contribution in [0.2, 0.25) is 0 Å². The molecule has 1 aromatic heterocycles. The van der Waals surface area contributed by atoms with Gasteiger partial charge in [-0.05, 0) is 30.3 Å². The summed E-state index contributed by atoms with van der Waals surface area (Å²) in [5.74, 6) is -0.472. The summed E-state index contributed by atoms with van der Waals surface area (Å²) >= 11 is 0. The van der Waals surface area contributed by atoms with Gasteiger partial charge in [0.05, 0.1) is 17.1 Å². The van der Waals surface area contributed by atoms with Gasteiger partial charge >= 0.3 is 0 Å². The maximum Gasteiger partial charge on any atom is 0.240 e. The summed E-state index contributed by atoms with van der Waals surface area (Å²) in [7, 11) is -1.90. The van der Waals surface area contributed by atoms with Crippen LogP contribution in [0.3, 0.4) is 0 Å². The van der Waals surface area contributed by atoms with E-state index in [9.17, 15) is 12.8 Å². The van der Waals surface area contributed by atoms with Crippen molar-refractivity contribution in [1.82, 2.24) is 14.5 Å². The first kappa shape index (κ1) is 12.7. The number of sulfonamides is 1. The lowest BCUT2D eigenvalue weighted by Crippen LogP contribution is -2.24. The molecule has 1 N–H and O–H groups in total. The highest BCUT2D eigenvalue weighted by molar-refractivity contribution is 7.89. The van der Waals surface area contributed by atoms with E-state index in [1.54, 1.807) is 24.0 Å². The van der Waals surface area contributed by atoms with Crippen molar-refractivity contribution in [3.05, 3.63) is 48.0 Å². The standard InChI is InChI=1S/C11H12FN3O2S/c1-15-10(6-7-13-15)8-14-18(16,17)11-4-2-9(12)3-5-11/h2-7,14H,8H2,1H3. The first-order valence-corrected chi connectivity index (χ1v) is 6.69. The molecule has 2 aromatic rings. The number of rotatable bonds is 4. The predicted molar refractivity (Wildman–Crippen MR) is 63.6 cm³/mol. The van der Waals surface area contributed by atoms with Crippen molar-refractivity contribution in [1.29, 1.82) is 0 Å². The summed E-state index contributed by atoms with van der Waals surface area (Å²) < 4.78 is 40.5. The van der Waals surface area contributed by atoms with Crippen LogP contribution in [0.4, 0.5) is 4.39 Å². The first-order chi connectivity index (χ1) is 8.49. The lowest BCUT2D eigenvalue weighted by Gasteiger charge is -2.06. The summed E-state index contributed by atoms with van der Waals surface area (Å²) in [4.78, 5) is 0.0334. The van der Waals surface area contributed by atoms with Gasteiger partial charge in [0.25, 0.3) is 0 Å². The largest absolute Gasteiger partial charge is 0.271 e. The van der Waals surface area contributed by atoms with E-state index in [1.807, 2.05) is 0 Å². The molecule has 0 amide bonds. The normalized spacial score (nSPS) is 11.7. The molecule has 2 rings (SSSR count). The lowest BCUT2D eigenvalue weighted by molar-refractivity contribution is 0.576. The number of halogens is 1. The van der Waals surface area contributed by atoms with Crippen LogP contribution < -0.4 is 4.72 Å². The van der Waals surface area contributed by atoms with Gasteiger partial charge in [-0.1, -0.05) is 0 Å². The van der Waals surface area contributed by atoms with Gasteiger partial charge in [-0.15, -0.1) is 0 Å². The SMILES string of the molecule is Cn1nccc1CNS(=O)(=O)c1ccc(F)cc1. The Balaban J connectivity index is 2.13. The van der Waals surface area contributed by atoms with Crippen LogP contribution in [-0.4, -0.2) is 18.2 Å². The average Bonchev–Trinajstić information content (AvgIpc) is 2.73. The molecule has 1 aromatic carbocycles. The third kappa shape index (κ3) is 2.74. The van der Waals surface area contributed by atoms with Crippen molar-refractivity contribution in [3.8, 4) is 0 Å². The number of hydrogen-bond acceptors (Lipinski definition) is 3. The van der Waals surface area contributed by atoms with Gasteiger partial charge in [0, 0.05) is 13.2 Å². The van der Waals surface area contributed by atoms with Crippen LogP contribution in [0.15, 0.2) is 41.4 Å². The molecule has 96 valence electrons. The predicted octanol–water partition coefficient (Wildman–Crippen LogP) is 1.04. The van der Waals surface area contributed by atoms with Crippen molar-refractivity contribution in [2.45, 2.75) is 11.4 Å². The molecule has 0 saturated carbocycles. The maximum absolute atomic E-state index is 12.7. The van der Waals surface area contributed by atoms with E-state index < -0.39 is 15.8 Å². The highest BCUT2D eigenvalue weighted by atomic mass is 32.2. The van der Waals surface area contributed by atoms with E-state index in [-0.39, 0.29) is 11.4 Å². The summed E-state index contributed by atoms with van der Waals surface area (Å²) in [5, 5.41) is 3.93. The first-order valence-electron chi connectivity index (χ1n) is 5.21. The van der Waals surface area contributed by atoms with Crippen LogP contribution in [-0.2, 0) is 23.6 Å². The molecule has 5 nitrogen and oxygen atoms in total. The molecule has 7 heteroatoms. The van der Waals surface area contributed by atoms with Crippen molar-refractivity contribution in [2.24, 2.45) is 7.05 Å². The number of aromatic nitrogens is 2.